The van der Waals surface area contributed by atoms with Crippen LogP contribution in [0.3, 0.4) is 0 Å². The predicted octanol–water partition coefficient (Wildman–Crippen LogP) is 3.65. The maximum atomic E-state index is 12.6. The normalized spacial score (nSPS) is 11.1. The van der Waals surface area contributed by atoms with E-state index in [0.717, 1.165) is 0 Å². The largest absolute Gasteiger partial charge is 0.389 e. The van der Waals surface area contributed by atoms with Crippen molar-refractivity contribution < 1.29 is 8.42 Å². The van der Waals surface area contributed by atoms with E-state index in [4.69, 9.17) is 18.0 Å². The fraction of sp³-hybridized carbons (Fsp3) is 0. The van der Waals surface area contributed by atoms with Crippen molar-refractivity contribution in [2.45, 2.75) is 4.90 Å². The summed E-state index contributed by atoms with van der Waals surface area (Å²) in [5.41, 5.74) is 6.31. The van der Waals surface area contributed by atoms with Crippen LogP contribution in [0.2, 0.25) is 0 Å². The average molecular weight is 450 g/mol. The van der Waals surface area contributed by atoms with Crippen LogP contribution in [0.1, 0.15) is 5.56 Å². The topological polar surface area (TPSA) is 72.2 Å². The molecule has 2 aromatic carbocycles. The number of thiocarbonyl (C=S) groups is 1. The van der Waals surface area contributed by atoms with Gasteiger partial charge in [-0.2, -0.15) is 0 Å². The molecule has 4 nitrogen and oxygen atoms in total. The smallest absolute Gasteiger partial charge is 0.262 e. The second-order valence-corrected chi connectivity index (χ2v) is 7.86. The van der Waals surface area contributed by atoms with Crippen LogP contribution >= 0.6 is 44.1 Å². The van der Waals surface area contributed by atoms with Crippen molar-refractivity contribution in [1.82, 2.24) is 0 Å². The molecule has 110 valence electrons. The highest BCUT2D eigenvalue weighted by Gasteiger charge is 2.21. The molecule has 0 radical (unpaired) electrons. The Hall–Kier alpha value is -0.960. The molecule has 0 unspecified atom stereocenters. The lowest BCUT2D eigenvalue weighted by Gasteiger charge is -2.13. The van der Waals surface area contributed by atoms with Gasteiger partial charge < -0.3 is 5.73 Å². The Bertz CT molecular complexity index is 787. The summed E-state index contributed by atoms with van der Waals surface area (Å²) < 4.78 is 28.9. The molecule has 0 aliphatic carbocycles. The molecule has 0 aliphatic heterocycles. The number of anilines is 1. The third kappa shape index (κ3) is 3.63. The van der Waals surface area contributed by atoms with Gasteiger partial charge in [0, 0.05) is 14.5 Å². The highest BCUT2D eigenvalue weighted by atomic mass is 79.9. The monoisotopic (exact) mass is 448 g/mol. The number of rotatable bonds is 4. The van der Waals surface area contributed by atoms with Crippen molar-refractivity contribution in [3.63, 3.8) is 0 Å². The summed E-state index contributed by atoms with van der Waals surface area (Å²) in [5, 5.41) is 0. The van der Waals surface area contributed by atoms with E-state index < -0.39 is 10.0 Å². The quantitative estimate of drug-likeness (QED) is 0.698. The number of halogens is 2. The fourth-order valence-corrected chi connectivity index (χ4v) is 4.71. The Kier molecular flexibility index (Phi) is 5.03. The van der Waals surface area contributed by atoms with Crippen LogP contribution in [0.5, 0.6) is 0 Å². The van der Waals surface area contributed by atoms with Crippen molar-refractivity contribution in [3.8, 4) is 0 Å². The molecular formula is C13H10Br2N2O2S2. The molecule has 0 atom stereocenters. The van der Waals surface area contributed by atoms with Gasteiger partial charge in [0.2, 0.25) is 0 Å². The molecule has 2 rings (SSSR count). The van der Waals surface area contributed by atoms with Crippen molar-refractivity contribution in [3.05, 3.63) is 57.0 Å². The summed E-state index contributed by atoms with van der Waals surface area (Å²) in [7, 11) is -3.81. The molecule has 0 bridgehead atoms. The third-order valence-corrected chi connectivity index (χ3v) is 5.59. The summed E-state index contributed by atoms with van der Waals surface area (Å²) in [6, 6.07) is 11.6. The minimum absolute atomic E-state index is 0.0298. The fourth-order valence-electron chi connectivity index (χ4n) is 1.69. The van der Waals surface area contributed by atoms with Crippen LogP contribution in [0, 0.1) is 0 Å². The van der Waals surface area contributed by atoms with Crippen molar-refractivity contribution in [1.29, 1.82) is 0 Å². The molecule has 3 N–H and O–H groups in total. The third-order valence-electron chi connectivity index (χ3n) is 2.64. The SMILES string of the molecule is NC(=S)c1ccccc1S(=O)(=O)Nc1c(Br)cccc1Br. The average Bonchev–Trinajstić information content (AvgIpc) is 2.43. The Morgan fingerprint density at radius 1 is 1.05 bits per heavy atom. The Labute approximate surface area is 145 Å². The van der Waals surface area contributed by atoms with Crippen LogP contribution in [0.4, 0.5) is 5.69 Å². The van der Waals surface area contributed by atoms with Gasteiger partial charge in [0.25, 0.3) is 10.0 Å². The maximum absolute atomic E-state index is 12.6. The lowest BCUT2D eigenvalue weighted by molar-refractivity contribution is 0.601. The number of sulfonamides is 1. The zero-order valence-electron chi connectivity index (χ0n) is 10.5. The first kappa shape index (κ1) is 16.4. The van der Waals surface area contributed by atoms with Gasteiger partial charge in [-0.05, 0) is 50.1 Å². The zero-order chi connectivity index (χ0) is 15.6. The van der Waals surface area contributed by atoms with E-state index in [1.807, 2.05) is 0 Å². The van der Waals surface area contributed by atoms with Crippen LogP contribution in [0.15, 0.2) is 56.3 Å². The first-order valence-electron chi connectivity index (χ1n) is 5.68. The highest BCUT2D eigenvalue weighted by Crippen LogP contribution is 2.32. The van der Waals surface area contributed by atoms with Crippen LogP contribution in [-0.4, -0.2) is 13.4 Å². The summed E-state index contributed by atoms with van der Waals surface area (Å²) in [5.74, 6) is 0. The van der Waals surface area contributed by atoms with E-state index in [1.54, 1.807) is 36.4 Å². The lowest BCUT2D eigenvalue weighted by Crippen LogP contribution is -2.20. The van der Waals surface area contributed by atoms with E-state index in [9.17, 15) is 8.42 Å². The van der Waals surface area contributed by atoms with Gasteiger partial charge in [-0.3, -0.25) is 4.72 Å². The van der Waals surface area contributed by atoms with Gasteiger partial charge in [-0.1, -0.05) is 36.5 Å². The highest BCUT2D eigenvalue weighted by molar-refractivity contribution is 9.11. The minimum Gasteiger partial charge on any atom is -0.389 e. The molecule has 0 amide bonds. The van der Waals surface area contributed by atoms with Gasteiger partial charge in [0.15, 0.2) is 0 Å². The van der Waals surface area contributed by atoms with Gasteiger partial charge >= 0.3 is 0 Å². The van der Waals surface area contributed by atoms with Crippen LogP contribution < -0.4 is 10.5 Å². The summed E-state index contributed by atoms with van der Waals surface area (Å²) in [6.07, 6.45) is 0. The molecule has 0 saturated heterocycles. The van der Waals surface area contributed by atoms with Gasteiger partial charge in [0.1, 0.15) is 4.99 Å². The van der Waals surface area contributed by atoms with Crippen molar-refractivity contribution in [2.24, 2.45) is 5.73 Å². The molecule has 21 heavy (non-hydrogen) atoms. The summed E-state index contributed by atoms with van der Waals surface area (Å²) in [6.45, 7) is 0. The van der Waals surface area contributed by atoms with Crippen LogP contribution in [0.25, 0.3) is 0 Å². The Morgan fingerprint density at radius 3 is 2.19 bits per heavy atom. The number of nitrogens with two attached hydrogens (primary N) is 1. The molecule has 0 fully saturated rings. The van der Waals surface area contributed by atoms with Crippen LogP contribution in [-0.2, 0) is 10.0 Å². The Balaban J connectivity index is 2.52. The lowest BCUT2D eigenvalue weighted by atomic mass is 10.2. The standard InChI is InChI=1S/C13H10Br2N2O2S2/c14-9-5-3-6-10(15)12(9)17-21(18,19)11-7-2-1-4-8(11)13(16)20/h1-7,17H,(H2,16,20). The maximum Gasteiger partial charge on any atom is 0.262 e. The van der Waals surface area contributed by atoms with E-state index in [-0.39, 0.29) is 9.88 Å². The number of para-hydroxylation sites is 1. The van der Waals surface area contributed by atoms with Crippen molar-refractivity contribution >= 4 is 64.8 Å². The minimum atomic E-state index is -3.81. The molecule has 2 aromatic rings. The number of nitrogens with one attached hydrogen (secondary N) is 1. The van der Waals surface area contributed by atoms with E-state index in [0.29, 0.717) is 20.2 Å². The van der Waals surface area contributed by atoms with E-state index in [1.165, 1.54) is 6.07 Å². The Morgan fingerprint density at radius 2 is 1.62 bits per heavy atom. The van der Waals surface area contributed by atoms with Gasteiger partial charge in [-0.15, -0.1) is 0 Å². The summed E-state index contributed by atoms with van der Waals surface area (Å²) in [4.78, 5) is 0.0716. The van der Waals surface area contributed by atoms with Crippen molar-refractivity contribution in [2.75, 3.05) is 4.72 Å². The molecule has 0 aliphatic rings. The summed E-state index contributed by atoms with van der Waals surface area (Å²) >= 11 is 11.5. The number of hydrogen-bond donors (Lipinski definition) is 2. The molecule has 0 heterocycles. The number of benzene rings is 2. The van der Waals surface area contributed by atoms with E-state index >= 15 is 0 Å². The molecule has 0 saturated carbocycles. The van der Waals surface area contributed by atoms with E-state index in [2.05, 4.69) is 36.6 Å². The number of hydrogen-bond acceptors (Lipinski definition) is 3. The zero-order valence-corrected chi connectivity index (χ0v) is 15.3. The molecule has 8 heteroatoms. The molecule has 0 spiro atoms. The molecule has 0 aromatic heterocycles. The first-order chi connectivity index (χ1) is 9.83. The second kappa shape index (κ2) is 6.43. The van der Waals surface area contributed by atoms with Gasteiger partial charge in [0.05, 0.1) is 10.6 Å². The second-order valence-electron chi connectivity index (χ2n) is 4.06. The first-order valence-corrected chi connectivity index (χ1v) is 9.16. The molecular weight excluding hydrogens is 440 g/mol. The predicted molar refractivity (Wildman–Crippen MR) is 95.0 cm³/mol. The van der Waals surface area contributed by atoms with Gasteiger partial charge in [-0.25, -0.2) is 8.42 Å².